The predicted molar refractivity (Wildman–Crippen MR) is 86.9 cm³/mol. The quantitative estimate of drug-likeness (QED) is 0.861. The van der Waals surface area contributed by atoms with E-state index < -0.39 is 6.10 Å². The molecule has 0 radical (unpaired) electrons. The van der Waals surface area contributed by atoms with Gasteiger partial charge in [-0.25, -0.2) is 4.98 Å². The van der Waals surface area contributed by atoms with Crippen molar-refractivity contribution in [3.63, 3.8) is 0 Å². The number of nitrogens with zero attached hydrogens (tertiary/aromatic N) is 4. The molecule has 2 aromatic rings. The van der Waals surface area contributed by atoms with Crippen LogP contribution in [0.5, 0.6) is 0 Å². The van der Waals surface area contributed by atoms with Crippen LogP contribution >= 0.6 is 0 Å². The minimum Gasteiger partial charge on any atom is -0.390 e. The number of benzene rings is 1. The first-order valence-corrected chi connectivity index (χ1v) is 7.83. The van der Waals surface area contributed by atoms with Crippen LogP contribution < -0.4 is 0 Å². The van der Waals surface area contributed by atoms with Crippen molar-refractivity contribution >= 4 is 5.91 Å². The van der Waals surface area contributed by atoms with E-state index in [1.54, 1.807) is 41.7 Å². The third-order valence-electron chi connectivity index (χ3n) is 4.06. The number of hydrogen-bond acceptors (Lipinski definition) is 5. The average molecular weight is 325 g/mol. The van der Waals surface area contributed by atoms with E-state index in [0.29, 0.717) is 37.3 Å². The van der Waals surface area contributed by atoms with E-state index in [2.05, 4.69) is 14.9 Å². The highest BCUT2D eigenvalue weighted by molar-refractivity contribution is 5.94. The maximum Gasteiger partial charge on any atom is 0.254 e. The van der Waals surface area contributed by atoms with Crippen molar-refractivity contribution in [3.8, 4) is 6.07 Å². The molecule has 1 aromatic carbocycles. The molecule has 0 unspecified atom stereocenters. The second-order valence-electron chi connectivity index (χ2n) is 5.91. The van der Waals surface area contributed by atoms with Gasteiger partial charge in [0.2, 0.25) is 0 Å². The van der Waals surface area contributed by atoms with Crippen LogP contribution in [0.1, 0.15) is 21.6 Å². The molecule has 2 N–H and O–H groups in total. The number of β-amino-alcohol motifs (C(OH)–C–C–N with tert-alkyl or cyclic N) is 1. The number of hydrogen-bond donors (Lipinski definition) is 2. The van der Waals surface area contributed by atoms with Gasteiger partial charge in [-0.2, -0.15) is 5.26 Å². The summed E-state index contributed by atoms with van der Waals surface area (Å²) in [5.74, 6) is -0.158. The molecule has 1 aromatic heterocycles. The first-order valence-electron chi connectivity index (χ1n) is 7.83. The van der Waals surface area contributed by atoms with E-state index in [0.717, 1.165) is 5.69 Å². The van der Waals surface area contributed by atoms with Crippen LogP contribution in [0, 0.1) is 11.3 Å². The molecule has 1 saturated heterocycles. The molecule has 2 heterocycles. The number of carbonyl (C=O) groups excluding carboxylic acids is 1. The highest BCUT2D eigenvalue weighted by atomic mass is 16.3. The topological polar surface area (TPSA) is 96.3 Å². The summed E-state index contributed by atoms with van der Waals surface area (Å²) in [6.07, 6.45) is 2.77. The highest BCUT2D eigenvalue weighted by Gasteiger charge is 2.25. The van der Waals surface area contributed by atoms with E-state index >= 15 is 0 Å². The van der Waals surface area contributed by atoms with Gasteiger partial charge >= 0.3 is 0 Å². The van der Waals surface area contributed by atoms with Crippen molar-refractivity contribution in [3.05, 3.63) is 53.6 Å². The van der Waals surface area contributed by atoms with Crippen molar-refractivity contribution in [2.45, 2.75) is 12.6 Å². The Morgan fingerprint density at radius 2 is 2.29 bits per heavy atom. The lowest BCUT2D eigenvalue weighted by Crippen LogP contribution is -2.37. The van der Waals surface area contributed by atoms with Crippen LogP contribution in [-0.4, -0.2) is 63.1 Å². The number of aliphatic hydroxyl groups is 1. The lowest BCUT2D eigenvalue weighted by molar-refractivity contribution is 0.0663. The summed E-state index contributed by atoms with van der Waals surface area (Å²) in [5.41, 5.74) is 1.91. The number of carbonyl (C=O) groups is 1. The van der Waals surface area contributed by atoms with Crippen molar-refractivity contribution in [2.75, 3.05) is 26.2 Å². The Morgan fingerprint density at radius 3 is 3.04 bits per heavy atom. The molecule has 0 spiro atoms. The van der Waals surface area contributed by atoms with Gasteiger partial charge in [0.15, 0.2) is 0 Å². The van der Waals surface area contributed by atoms with Gasteiger partial charge < -0.3 is 15.0 Å². The molecule has 7 nitrogen and oxygen atoms in total. The molecule has 1 amide bonds. The molecule has 24 heavy (non-hydrogen) atoms. The monoisotopic (exact) mass is 325 g/mol. The lowest BCUT2D eigenvalue weighted by atomic mass is 10.1. The summed E-state index contributed by atoms with van der Waals surface area (Å²) in [5, 5.41) is 19.2. The number of nitrogens with one attached hydrogen (secondary N) is 1. The smallest absolute Gasteiger partial charge is 0.254 e. The molecule has 1 aliphatic heterocycles. The van der Waals surface area contributed by atoms with Crippen LogP contribution in [0.2, 0.25) is 0 Å². The summed E-state index contributed by atoms with van der Waals surface area (Å²) >= 11 is 0. The standard InChI is InChI=1S/C17H19N5O2/c18-7-13-2-1-3-14(6-13)17(24)22-5-4-21(10-16(23)11-22)9-15-8-19-12-20-15/h1-3,6,8,12,16,23H,4-5,9-11H2,(H,19,20)/t16-/m0/s1. The summed E-state index contributed by atoms with van der Waals surface area (Å²) in [7, 11) is 0. The normalized spacial score (nSPS) is 18.8. The van der Waals surface area contributed by atoms with Gasteiger partial charge in [0.25, 0.3) is 5.91 Å². The molecule has 1 atom stereocenters. The molecular formula is C17H19N5O2. The van der Waals surface area contributed by atoms with Gasteiger partial charge in [-0.3, -0.25) is 9.69 Å². The Bertz CT molecular complexity index is 738. The zero-order valence-electron chi connectivity index (χ0n) is 13.2. The van der Waals surface area contributed by atoms with Crippen LogP contribution in [0.3, 0.4) is 0 Å². The number of rotatable bonds is 3. The molecule has 3 rings (SSSR count). The zero-order valence-corrected chi connectivity index (χ0v) is 13.2. The minimum absolute atomic E-state index is 0.158. The Labute approximate surface area is 140 Å². The number of aromatic amines is 1. The number of H-pyrrole nitrogens is 1. The molecule has 7 heteroatoms. The van der Waals surface area contributed by atoms with Crippen molar-refractivity contribution in [1.29, 1.82) is 5.26 Å². The second-order valence-corrected chi connectivity index (χ2v) is 5.91. The molecule has 0 saturated carbocycles. The second kappa shape index (κ2) is 7.25. The molecule has 124 valence electrons. The highest BCUT2D eigenvalue weighted by Crippen LogP contribution is 2.12. The van der Waals surface area contributed by atoms with E-state index in [4.69, 9.17) is 5.26 Å². The Hall–Kier alpha value is -2.69. The van der Waals surface area contributed by atoms with Crippen LogP contribution in [0.4, 0.5) is 0 Å². The maximum absolute atomic E-state index is 12.7. The van der Waals surface area contributed by atoms with Crippen molar-refractivity contribution in [1.82, 2.24) is 19.8 Å². The largest absolute Gasteiger partial charge is 0.390 e. The third kappa shape index (κ3) is 3.79. The fourth-order valence-electron chi connectivity index (χ4n) is 2.90. The fraction of sp³-hybridized carbons (Fsp3) is 0.353. The fourth-order valence-corrected chi connectivity index (χ4v) is 2.90. The number of imidazole rings is 1. The van der Waals surface area contributed by atoms with Gasteiger partial charge in [0, 0.05) is 50.2 Å². The van der Waals surface area contributed by atoms with E-state index in [9.17, 15) is 9.90 Å². The van der Waals surface area contributed by atoms with Crippen LogP contribution in [0.25, 0.3) is 0 Å². The molecule has 1 fully saturated rings. The molecular weight excluding hydrogens is 306 g/mol. The van der Waals surface area contributed by atoms with Gasteiger partial charge in [-0.05, 0) is 18.2 Å². The Morgan fingerprint density at radius 1 is 1.42 bits per heavy atom. The van der Waals surface area contributed by atoms with Gasteiger partial charge in [0.05, 0.1) is 24.1 Å². The molecule has 0 aliphatic carbocycles. The number of aliphatic hydroxyl groups excluding tert-OH is 1. The first-order chi connectivity index (χ1) is 11.7. The third-order valence-corrected chi connectivity index (χ3v) is 4.06. The average Bonchev–Trinajstić information content (AvgIpc) is 3.03. The minimum atomic E-state index is -0.612. The Balaban J connectivity index is 1.68. The first kappa shape index (κ1) is 16.2. The zero-order chi connectivity index (χ0) is 16.9. The van der Waals surface area contributed by atoms with Gasteiger partial charge in [-0.15, -0.1) is 0 Å². The van der Waals surface area contributed by atoms with Crippen LogP contribution in [0.15, 0.2) is 36.8 Å². The summed E-state index contributed by atoms with van der Waals surface area (Å²) in [6.45, 7) is 2.64. The SMILES string of the molecule is N#Cc1cccc(C(=O)N2CCN(Cc3cnc[nH]3)C[C@H](O)C2)c1. The van der Waals surface area contributed by atoms with Gasteiger partial charge in [0.1, 0.15) is 0 Å². The number of aromatic nitrogens is 2. The number of nitriles is 1. The van der Waals surface area contributed by atoms with Crippen molar-refractivity contribution in [2.24, 2.45) is 0 Å². The lowest BCUT2D eigenvalue weighted by Gasteiger charge is -2.22. The van der Waals surface area contributed by atoms with E-state index in [-0.39, 0.29) is 12.5 Å². The van der Waals surface area contributed by atoms with Crippen molar-refractivity contribution < 1.29 is 9.90 Å². The summed E-state index contributed by atoms with van der Waals surface area (Å²) in [6, 6.07) is 8.69. The summed E-state index contributed by atoms with van der Waals surface area (Å²) < 4.78 is 0. The van der Waals surface area contributed by atoms with Crippen LogP contribution in [-0.2, 0) is 6.54 Å². The number of amides is 1. The van der Waals surface area contributed by atoms with E-state index in [1.165, 1.54) is 0 Å². The van der Waals surface area contributed by atoms with E-state index in [1.807, 2.05) is 6.07 Å². The summed E-state index contributed by atoms with van der Waals surface area (Å²) in [4.78, 5) is 23.4. The molecule has 1 aliphatic rings. The molecule has 0 bridgehead atoms. The van der Waals surface area contributed by atoms with Gasteiger partial charge in [-0.1, -0.05) is 6.07 Å². The maximum atomic E-state index is 12.7. The Kier molecular flexibility index (Phi) is 4.89. The predicted octanol–water partition coefficient (Wildman–Crippen LogP) is 0.600.